The Kier molecular flexibility index (Phi) is 5.29. The van der Waals surface area contributed by atoms with Gasteiger partial charge in [-0.1, -0.05) is 13.3 Å². The lowest BCUT2D eigenvalue weighted by Crippen LogP contribution is -2.10. The summed E-state index contributed by atoms with van der Waals surface area (Å²) in [5, 5.41) is 9.08. The van der Waals surface area contributed by atoms with Gasteiger partial charge in [0.25, 0.3) is 0 Å². The fourth-order valence-electron chi connectivity index (χ4n) is 1.02. The number of aliphatic hydroxyl groups excluding tert-OH is 1. The predicted molar refractivity (Wildman–Crippen MR) is 40.8 cm³/mol. The zero-order valence-corrected chi connectivity index (χ0v) is 7.19. The highest BCUT2D eigenvalue weighted by molar-refractivity contribution is 4.57. The number of halogens is 3. The summed E-state index contributed by atoms with van der Waals surface area (Å²) in [6.07, 6.45) is -3.72. The van der Waals surface area contributed by atoms with Crippen LogP contribution >= 0.6 is 0 Å². The minimum Gasteiger partial charge on any atom is -0.393 e. The van der Waals surface area contributed by atoms with Crippen molar-refractivity contribution >= 4 is 0 Å². The number of aliphatic hydroxyl groups is 1. The van der Waals surface area contributed by atoms with Crippen molar-refractivity contribution in [1.82, 2.24) is 0 Å². The Labute approximate surface area is 70.6 Å². The number of rotatable bonds is 5. The van der Waals surface area contributed by atoms with Gasteiger partial charge in [-0.05, 0) is 19.3 Å². The van der Waals surface area contributed by atoms with E-state index in [4.69, 9.17) is 5.11 Å². The van der Waals surface area contributed by atoms with Gasteiger partial charge in [-0.2, -0.15) is 13.2 Å². The molecule has 0 aromatic carbocycles. The van der Waals surface area contributed by atoms with Gasteiger partial charge >= 0.3 is 6.18 Å². The predicted octanol–water partition coefficient (Wildman–Crippen LogP) is 2.88. The molecule has 0 heterocycles. The van der Waals surface area contributed by atoms with Crippen LogP contribution in [0.15, 0.2) is 0 Å². The van der Waals surface area contributed by atoms with Gasteiger partial charge in [0.2, 0.25) is 0 Å². The monoisotopic (exact) mass is 184 g/mol. The molecule has 0 fully saturated rings. The van der Waals surface area contributed by atoms with E-state index in [2.05, 4.69) is 0 Å². The topological polar surface area (TPSA) is 20.2 Å². The van der Waals surface area contributed by atoms with Crippen LogP contribution in [0.3, 0.4) is 0 Å². The molecular weight excluding hydrogens is 169 g/mol. The zero-order valence-electron chi connectivity index (χ0n) is 7.19. The third-order valence-electron chi connectivity index (χ3n) is 1.62. The first-order chi connectivity index (χ1) is 5.45. The molecule has 12 heavy (non-hydrogen) atoms. The third kappa shape index (κ3) is 7.85. The molecule has 0 aliphatic heterocycles. The Hall–Kier alpha value is -0.250. The molecule has 74 valence electrons. The van der Waals surface area contributed by atoms with Crippen molar-refractivity contribution < 1.29 is 18.3 Å². The molecule has 1 atom stereocenters. The van der Waals surface area contributed by atoms with Crippen molar-refractivity contribution in [1.29, 1.82) is 0 Å². The van der Waals surface area contributed by atoms with Gasteiger partial charge in [0.1, 0.15) is 0 Å². The zero-order chi connectivity index (χ0) is 9.61. The molecule has 0 aliphatic rings. The molecule has 4 heteroatoms. The van der Waals surface area contributed by atoms with Crippen molar-refractivity contribution in [2.75, 3.05) is 0 Å². The number of hydrogen-bond acceptors (Lipinski definition) is 1. The molecule has 0 bridgehead atoms. The van der Waals surface area contributed by atoms with Crippen LogP contribution < -0.4 is 0 Å². The maximum atomic E-state index is 11.6. The smallest absolute Gasteiger partial charge is 0.389 e. The Morgan fingerprint density at radius 1 is 1.25 bits per heavy atom. The minimum atomic E-state index is -4.08. The highest BCUT2D eigenvalue weighted by Gasteiger charge is 2.26. The van der Waals surface area contributed by atoms with Gasteiger partial charge in [-0.15, -0.1) is 0 Å². The van der Waals surface area contributed by atoms with Crippen molar-refractivity contribution in [3.63, 3.8) is 0 Å². The molecule has 0 aromatic heterocycles. The molecule has 0 radical (unpaired) electrons. The van der Waals surface area contributed by atoms with Crippen LogP contribution in [-0.4, -0.2) is 17.4 Å². The number of alkyl halides is 3. The van der Waals surface area contributed by atoms with E-state index in [-0.39, 0.29) is 12.8 Å². The standard InChI is InChI=1S/C8H15F3O/c1-2-4-7(12)5-3-6-8(9,10)11/h7,12H,2-6H2,1H3. The molecular formula is C8H15F3O. The summed E-state index contributed by atoms with van der Waals surface area (Å²) in [5.41, 5.74) is 0. The fraction of sp³-hybridized carbons (Fsp3) is 1.00. The van der Waals surface area contributed by atoms with Gasteiger partial charge in [0, 0.05) is 6.42 Å². The summed E-state index contributed by atoms with van der Waals surface area (Å²) in [5.74, 6) is 0. The number of hydrogen-bond donors (Lipinski definition) is 1. The fourth-order valence-corrected chi connectivity index (χ4v) is 1.02. The van der Waals surface area contributed by atoms with Crippen molar-refractivity contribution in [3.05, 3.63) is 0 Å². The van der Waals surface area contributed by atoms with Crippen molar-refractivity contribution in [3.8, 4) is 0 Å². The molecule has 0 saturated heterocycles. The van der Waals surface area contributed by atoms with Gasteiger partial charge in [-0.25, -0.2) is 0 Å². The summed E-state index contributed by atoms with van der Waals surface area (Å²) in [6, 6.07) is 0. The van der Waals surface area contributed by atoms with Crippen LogP contribution in [0.5, 0.6) is 0 Å². The van der Waals surface area contributed by atoms with E-state index < -0.39 is 18.7 Å². The molecule has 0 amide bonds. The lowest BCUT2D eigenvalue weighted by molar-refractivity contribution is -0.136. The summed E-state index contributed by atoms with van der Waals surface area (Å²) in [7, 11) is 0. The van der Waals surface area contributed by atoms with Gasteiger partial charge < -0.3 is 5.11 Å². The van der Waals surface area contributed by atoms with Gasteiger partial charge in [0.15, 0.2) is 0 Å². The van der Waals surface area contributed by atoms with Crippen LogP contribution in [-0.2, 0) is 0 Å². The lowest BCUT2D eigenvalue weighted by atomic mass is 10.1. The summed E-state index contributed by atoms with van der Waals surface area (Å²) >= 11 is 0. The summed E-state index contributed by atoms with van der Waals surface area (Å²) in [4.78, 5) is 0. The van der Waals surface area contributed by atoms with Crippen LogP contribution in [0, 0.1) is 0 Å². The summed E-state index contributed by atoms with van der Waals surface area (Å²) in [6.45, 7) is 1.90. The molecule has 0 aliphatic carbocycles. The second-order valence-electron chi connectivity index (χ2n) is 2.95. The molecule has 1 N–H and O–H groups in total. The molecule has 0 aromatic rings. The second kappa shape index (κ2) is 5.41. The van der Waals surface area contributed by atoms with Gasteiger partial charge in [0.05, 0.1) is 6.10 Å². The normalized spacial score (nSPS) is 14.8. The van der Waals surface area contributed by atoms with Crippen LogP contribution in [0.1, 0.15) is 39.0 Å². The van der Waals surface area contributed by atoms with Gasteiger partial charge in [-0.3, -0.25) is 0 Å². The molecule has 1 nitrogen and oxygen atoms in total. The average molecular weight is 184 g/mol. The highest BCUT2D eigenvalue weighted by atomic mass is 19.4. The van der Waals surface area contributed by atoms with E-state index in [1.165, 1.54) is 0 Å². The quantitative estimate of drug-likeness (QED) is 0.696. The van der Waals surface area contributed by atoms with Crippen LogP contribution in [0.25, 0.3) is 0 Å². The maximum absolute atomic E-state index is 11.6. The first-order valence-corrected chi connectivity index (χ1v) is 4.20. The lowest BCUT2D eigenvalue weighted by Gasteiger charge is -2.09. The average Bonchev–Trinajstić information content (AvgIpc) is 1.84. The van der Waals surface area contributed by atoms with Crippen molar-refractivity contribution in [2.45, 2.75) is 51.3 Å². The van der Waals surface area contributed by atoms with Crippen molar-refractivity contribution in [2.24, 2.45) is 0 Å². The van der Waals surface area contributed by atoms with E-state index in [0.717, 1.165) is 6.42 Å². The van der Waals surface area contributed by atoms with E-state index in [1.807, 2.05) is 6.92 Å². The highest BCUT2D eigenvalue weighted by Crippen LogP contribution is 2.23. The van der Waals surface area contributed by atoms with Crippen LogP contribution in [0.2, 0.25) is 0 Å². The molecule has 0 spiro atoms. The molecule has 0 rings (SSSR count). The molecule has 0 saturated carbocycles. The molecule has 1 unspecified atom stereocenters. The van der Waals surface area contributed by atoms with E-state index >= 15 is 0 Å². The first-order valence-electron chi connectivity index (χ1n) is 4.20. The first kappa shape index (κ1) is 11.8. The second-order valence-corrected chi connectivity index (χ2v) is 2.95. The minimum absolute atomic E-state index is 0.0324. The summed E-state index contributed by atoms with van der Waals surface area (Å²) < 4.78 is 34.8. The largest absolute Gasteiger partial charge is 0.393 e. The SMILES string of the molecule is CCCC(O)CCCC(F)(F)F. The van der Waals surface area contributed by atoms with E-state index in [0.29, 0.717) is 6.42 Å². The third-order valence-corrected chi connectivity index (χ3v) is 1.62. The Bertz CT molecular complexity index is 111. The van der Waals surface area contributed by atoms with E-state index in [9.17, 15) is 13.2 Å². The van der Waals surface area contributed by atoms with Crippen LogP contribution in [0.4, 0.5) is 13.2 Å². The Balaban J connectivity index is 3.31. The Morgan fingerprint density at radius 3 is 2.25 bits per heavy atom. The van der Waals surface area contributed by atoms with E-state index in [1.54, 1.807) is 0 Å². The maximum Gasteiger partial charge on any atom is 0.389 e. The Morgan fingerprint density at radius 2 is 1.83 bits per heavy atom.